The molecule has 0 spiro atoms. The summed E-state index contributed by atoms with van der Waals surface area (Å²) < 4.78 is 15.1. The van der Waals surface area contributed by atoms with Crippen molar-refractivity contribution in [2.75, 3.05) is 0 Å². The molecule has 2 aliphatic rings. The van der Waals surface area contributed by atoms with Crippen LogP contribution in [0.25, 0.3) is 5.57 Å². The molecule has 2 aromatic rings. The second-order valence-corrected chi connectivity index (χ2v) is 24.8. The Hall–Kier alpha value is -1.02. The molecule has 2 aromatic carbocycles. The summed E-state index contributed by atoms with van der Waals surface area (Å²) in [6, 6.07) is 22.4. The van der Waals surface area contributed by atoms with Gasteiger partial charge in [0, 0.05) is 0 Å². The Labute approximate surface area is 209 Å². The van der Waals surface area contributed by atoms with Crippen LogP contribution in [0.2, 0.25) is 17.2 Å². The summed E-state index contributed by atoms with van der Waals surface area (Å²) in [5, 5.41) is 0. The van der Waals surface area contributed by atoms with Crippen molar-refractivity contribution in [3.05, 3.63) is 77.9 Å². The molecular formula is C32H46Sn. The van der Waals surface area contributed by atoms with Crippen LogP contribution < -0.4 is 0 Å². The topological polar surface area (TPSA) is 0 Å². The maximum absolute atomic E-state index is 9.61. The number of fused-ring (bicyclic) bond motifs is 2. The average Bonchev–Trinajstić information content (AvgIpc) is 3.22. The number of rotatable bonds is 12. The van der Waals surface area contributed by atoms with Gasteiger partial charge in [-0.15, -0.1) is 0 Å². The summed E-state index contributed by atoms with van der Waals surface area (Å²) >= 11 is -2.58. The van der Waals surface area contributed by atoms with Crippen molar-refractivity contribution in [2.24, 2.45) is 11.8 Å². The Kier molecular flexibility index (Phi) is 8.69. The van der Waals surface area contributed by atoms with E-state index in [-0.39, 0.29) is 6.40 Å². The van der Waals surface area contributed by atoms with Crippen molar-refractivity contribution < 1.29 is 1.37 Å². The Bertz CT molecular complexity index is 883. The van der Waals surface area contributed by atoms with Crippen molar-refractivity contribution in [1.29, 1.82) is 0 Å². The van der Waals surface area contributed by atoms with E-state index >= 15 is 0 Å². The second-order valence-electron chi connectivity index (χ2n) is 10.9. The Morgan fingerprint density at radius 2 is 1.33 bits per heavy atom. The van der Waals surface area contributed by atoms with Gasteiger partial charge in [0.2, 0.25) is 0 Å². The quantitative estimate of drug-likeness (QED) is 0.231. The van der Waals surface area contributed by atoms with Crippen LogP contribution in [0.4, 0.5) is 0 Å². The van der Waals surface area contributed by atoms with Crippen LogP contribution in [0, 0.1) is 11.8 Å². The van der Waals surface area contributed by atoms with Crippen LogP contribution in [-0.2, 0) is 0 Å². The summed E-state index contributed by atoms with van der Waals surface area (Å²) in [5.74, 6) is 1.80. The molecule has 2 bridgehead atoms. The van der Waals surface area contributed by atoms with E-state index < -0.39 is 18.4 Å². The van der Waals surface area contributed by atoms with Crippen molar-refractivity contribution >= 4 is 24.0 Å². The third-order valence-corrected chi connectivity index (χ3v) is 26.6. The fraction of sp³-hybridized carbons (Fsp3) is 0.562. The number of allylic oxidation sites excluding steroid dienone is 2. The van der Waals surface area contributed by atoms with Crippen LogP contribution in [-0.4, -0.2) is 18.4 Å². The molecule has 1 heteroatoms. The standard InChI is InChI=1S/C20H19.3C4H9.Sn/c1-3-7-16(8-4-1)18-11-15-12-19(14-18)20(13-15)17-9-5-2-6-10-17;3*1-3-4-2;/h1-10,13-15,19-20H,11-12H2;3*1,3-4H2,2H3;/t15-,19-,20+;;;;/m0..../s1/i11D;;;;/t11?,15-,19-,20+;;;;. The van der Waals surface area contributed by atoms with E-state index in [1.54, 1.807) is 18.9 Å². The van der Waals surface area contributed by atoms with Crippen molar-refractivity contribution in [3.8, 4) is 0 Å². The van der Waals surface area contributed by atoms with Crippen LogP contribution in [0.5, 0.6) is 0 Å². The molecule has 5 atom stereocenters. The van der Waals surface area contributed by atoms with Crippen LogP contribution >= 0.6 is 0 Å². The summed E-state index contributed by atoms with van der Waals surface area (Å²) in [6.45, 7) is 7.17. The van der Waals surface area contributed by atoms with Gasteiger partial charge in [-0.2, -0.15) is 0 Å². The zero-order chi connectivity index (χ0) is 24.0. The van der Waals surface area contributed by atoms with Gasteiger partial charge in [0.05, 0.1) is 0 Å². The van der Waals surface area contributed by atoms with Gasteiger partial charge >= 0.3 is 210 Å². The average molecular weight is 550 g/mol. The number of unbranched alkanes of at least 4 members (excludes halogenated alkanes) is 3. The zero-order valence-electron chi connectivity index (χ0n) is 22.3. The molecule has 4 rings (SSSR count). The molecule has 0 saturated heterocycles. The van der Waals surface area contributed by atoms with E-state index in [1.165, 1.54) is 56.1 Å². The van der Waals surface area contributed by atoms with E-state index in [0.29, 0.717) is 17.8 Å². The molecule has 1 fully saturated rings. The van der Waals surface area contributed by atoms with Crippen LogP contribution in [0.1, 0.15) is 90.5 Å². The van der Waals surface area contributed by atoms with Gasteiger partial charge in [0.1, 0.15) is 0 Å². The predicted molar refractivity (Wildman–Crippen MR) is 148 cm³/mol. The SMILES string of the molecule is [2H]C1C(c2ccccc2)=C[C@@H]2C[C@H]1[C@@H]([Sn]([CH2]CCC)([CH2]CCC)[CH2]CCC)[C@@H]2c1ccccc1. The van der Waals surface area contributed by atoms with Crippen molar-refractivity contribution in [1.82, 2.24) is 0 Å². The first-order chi connectivity index (χ1) is 16.6. The van der Waals surface area contributed by atoms with Gasteiger partial charge in [-0.05, 0) is 0 Å². The fourth-order valence-corrected chi connectivity index (χ4v) is 28.0. The molecule has 1 saturated carbocycles. The van der Waals surface area contributed by atoms with E-state index in [1.807, 2.05) is 0 Å². The molecule has 0 heterocycles. The number of benzene rings is 2. The van der Waals surface area contributed by atoms with Crippen LogP contribution in [0.3, 0.4) is 0 Å². The molecule has 0 radical (unpaired) electrons. The molecule has 0 nitrogen and oxygen atoms in total. The third-order valence-electron chi connectivity index (χ3n) is 8.72. The minimum atomic E-state index is -2.58. The summed E-state index contributed by atoms with van der Waals surface area (Å²) in [4.78, 5) is 0. The van der Waals surface area contributed by atoms with Gasteiger partial charge in [-0.3, -0.25) is 0 Å². The third kappa shape index (κ3) is 5.63. The molecule has 0 N–H and O–H groups in total. The predicted octanol–water partition coefficient (Wildman–Crippen LogP) is 10.1. The normalized spacial score (nSPS) is 27.3. The second kappa shape index (κ2) is 12.1. The van der Waals surface area contributed by atoms with Gasteiger partial charge in [0.15, 0.2) is 0 Å². The Morgan fingerprint density at radius 3 is 1.88 bits per heavy atom. The Balaban J connectivity index is 1.82. The molecule has 0 aliphatic heterocycles. The molecule has 1 unspecified atom stereocenters. The summed E-state index contributed by atoms with van der Waals surface area (Å²) in [7, 11) is 0. The van der Waals surface area contributed by atoms with Gasteiger partial charge < -0.3 is 0 Å². The van der Waals surface area contributed by atoms with E-state index in [0.717, 1.165) is 3.93 Å². The van der Waals surface area contributed by atoms with Crippen molar-refractivity contribution in [2.45, 2.75) is 95.3 Å². The monoisotopic (exact) mass is 551 g/mol. The fourth-order valence-electron chi connectivity index (χ4n) is 7.25. The van der Waals surface area contributed by atoms with Gasteiger partial charge in [0.25, 0.3) is 0 Å². The summed E-state index contributed by atoms with van der Waals surface area (Å²) in [6.07, 6.45) is 12.0. The molecule has 0 aromatic heterocycles. The van der Waals surface area contributed by atoms with Gasteiger partial charge in [-0.25, -0.2) is 0 Å². The molecule has 0 amide bonds. The van der Waals surface area contributed by atoms with Crippen LogP contribution in [0.15, 0.2) is 66.7 Å². The van der Waals surface area contributed by atoms with E-state index in [9.17, 15) is 1.37 Å². The van der Waals surface area contributed by atoms with E-state index in [4.69, 9.17) is 0 Å². The molecule has 178 valence electrons. The first-order valence-corrected chi connectivity index (χ1v) is 21.6. The summed E-state index contributed by atoms with van der Waals surface area (Å²) in [5.41, 5.74) is 4.19. The van der Waals surface area contributed by atoms with E-state index in [2.05, 4.69) is 87.5 Å². The number of hydrogen-bond donors (Lipinski definition) is 0. The molecule has 33 heavy (non-hydrogen) atoms. The first kappa shape index (κ1) is 23.7. The van der Waals surface area contributed by atoms with Crippen molar-refractivity contribution in [3.63, 3.8) is 0 Å². The number of hydrogen-bond acceptors (Lipinski definition) is 0. The Morgan fingerprint density at radius 1 is 0.788 bits per heavy atom. The minimum absolute atomic E-state index is 0.0571. The molecule has 2 aliphatic carbocycles. The first-order valence-electron chi connectivity index (χ1n) is 14.5. The van der Waals surface area contributed by atoms with Gasteiger partial charge in [-0.1, -0.05) is 0 Å². The molecular weight excluding hydrogens is 503 g/mol. The maximum atomic E-state index is 9.61. The zero-order valence-corrected chi connectivity index (χ0v) is 24.2.